The van der Waals surface area contributed by atoms with E-state index in [1.807, 2.05) is 0 Å². The van der Waals surface area contributed by atoms with Gasteiger partial charge < -0.3 is 10.6 Å². The number of nitro benzene ring substituents is 2. The molecule has 0 spiro atoms. The van der Waals surface area contributed by atoms with Crippen LogP contribution in [0.3, 0.4) is 0 Å². The lowest BCUT2D eigenvalue weighted by Gasteiger charge is -2.10. The van der Waals surface area contributed by atoms with Crippen molar-refractivity contribution in [3.63, 3.8) is 0 Å². The van der Waals surface area contributed by atoms with Crippen LogP contribution in [-0.4, -0.2) is 21.7 Å². The molecule has 0 aromatic heterocycles. The van der Waals surface area contributed by atoms with E-state index in [1.54, 1.807) is 30.3 Å². The summed E-state index contributed by atoms with van der Waals surface area (Å²) in [5, 5.41) is 26.9. The Labute approximate surface area is 193 Å². The summed E-state index contributed by atoms with van der Waals surface area (Å²) in [6.07, 6.45) is 5.44. The molecule has 0 bridgehead atoms. The number of carbonyl (C=O) groups excluding carboxylic acids is 2. The maximum Gasteiger partial charge on any atom is 0.270 e. The van der Waals surface area contributed by atoms with Crippen molar-refractivity contribution in [3.05, 3.63) is 116 Å². The van der Waals surface area contributed by atoms with Crippen LogP contribution in [0.5, 0.6) is 0 Å². The Morgan fingerprint density at radius 1 is 0.647 bits per heavy atom. The molecule has 0 atom stereocenters. The zero-order valence-corrected chi connectivity index (χ0v) is 17.6. The monoisotopic (exact) mass is 458 g/mol. The zero-order chi connectivity index (χ0) is 24.5. The first-order valence-corrected chi connectivity index (χ1v) is 9.88. The van der Waals surface area contributed by atoms with Crippen LogP contribution < -0.4 is 10.6 Å². The molecule has 0 aliphatic carbocycles. The van der Waals surface area contributed by atoms with Crippen LogP contribution in [0.15, 0.2) is 84.9 Å². The fraction of sp³-hybridized carbons (Fsp3) is 0. The highest BCUT2D eigenvalue weighted by atomic mass is 16.6. The van der Waals surface area contributed by atoms with Crippen molar-refractivity contribution in [2.45, 2.75) is 0 Å². The molecule has 0 aliphatic heterocycles. The number of benzene rings is 3. The number of non-ortho nitro benzene ring substituents is 2. The third kappa shape index (κ3) is 6.69. The Hall–Kier alpha value is -5.12. The van der Waals surface area contributed by atoms with Gasteiger partial charge in [-0.2, -0.15) is 0 Å². The zero-order valence-electron chi connectivity index (χ0n) is 17.6. The van der Waals surface area contributed by atoms with E-state index in [4.69, 9.17) is 0 Å². The fourth-order valence-electron chi connectivity index (χ4n) is 2.84. The standard InChI is InChI=1S/C24H18N4O6/c29-23(14-10-17-8-12-19(13-9-17)27(31)32)25-21-6-1-2-7-22(21)26-24(30)15-11-18-4-3-5-20(16-18)28(33)34/h1-16H,(H,25,29)(H,26,30)/b14-10+,15-11+. The van der Waals surface area contributed by atoms with Crippen molar-refractivity contribution in [1.29, 1.82) is 0 Å². The minimum absolute atomic E-state index is 0.0502. The maximum absolute atomic E-state index is 12.3. The second-order valence-electron chi connectivity index (χ2n) is 6.89. The van der Waals surface area contributed by atoms with Crippen LogP contribution in [0.1, 0.15) is 11.1 Å². The van der Waals surface area contributed by atoms with E-state index in [0.717, 1.165) is 0 Å². The van der Waals surface area contributed by atoms with Crippen molar-refractivity contribution in [2.24, 2.45) is 0 Å². The van der Waals surface area contributed by atoms with E-state index in [9.17, 15) is 29.8 Å². The lowest BCUT2D eigenvalue weighted by atomic mass is 10.2. The van der Waals surface area contributed by atoms with E-state index in [-0.39, 0.29) is 11.4 Å². The van der Waals surface area contributed by atoms with Crippen molar-refractivity contribution >= 4 is 46.7 Å². The highest BCUT2D eigenvalue weighted by Gasteiger charge is 2.08. The second kappa shape index (κ2) is 11.0. The van der Waals surface area contributed by atoms with Crippen LogP contribution >= 0.6 is 0 Å². The third-order valence-corrected chi connectivity index (χ3v) is 4.48. The molecule has 0 saturated heterocycles. The summed E-state index contributed by atoms with van der Waals surface area (Å²) in [4.78, 5) is 45.2. The number of hydrogen-bond donors (Lipinski definition) is 2. The van der Waals surface area contributed by atoms with E-state index in [0.29, 0.717) is 22.5 Å². The second-order valence-corrected chi connectivity index (χ2v) is 6.89. The normalized spacial score (nSPS) is 10.8. The number of hydrogen-bond acceptors (Lipinski definition) is 6. The van der Waals surface area contributed by atoms with Gasteiger partial charge in [-0.15, -0.1) is 0 Å². The molecule has 0 heterocycles. The summed E-state index contributed by atoms with van der Waals surface area (Å²) in [5.74, 6) is -0.957. The number of anilines is 2. The van der Waals surface area contributed by atoms with Gasteiger partial charge in [0.25, 0.3) is 11.4 Å². The highest BCUT2D eigenvalue weighted by Crippen LogP contribution is 2.21. The summed E-state index contributed by atoms with van der Waals surface area (Å²) >= 11 is 0. The quantitative estimate of drug-likeness (QED) is 0.282. The molecule has 3 aromatic rings. The van der Waals surface area contributed by atoms with Gasteiger partial charge >= 0.3 is 0 Å². The minimum Gasteiger partial charge on any atom is -0.321 e. The summed E-state index contributed by atoms with van der Waals surface area (Å²) in [6.45, 7) is 0. The molecule has 3 rings (SSSR count). The molecule has 34 heavy (non-hydrogen) atoms. The van der Waals surface area contributed by atoms with E-state index in [1.165, 1.54) is 66.8 Å². The number of para-hydroxylation sites is 2. The van der Waals surface area contributed by atoms with Gasteiger partial charge in [-0.05, 0) is 47.5 Å². The number of rotatable bonds is 8. The first-order valence-electron chi connectivity index (χ1n) is 9.88. The summed E-state index contributed by atoms with van der Waals surface area (Å²) < 4.78 is 0. The Morgan fingerprint density at radius 3 is 1.71 bits per heavy atom. The topological polar surface area (TPSA) is 144 Å². The number of nitro groups is 2. The van der Waals surface area contributed by atoms with E-state index < -0.39 is 21.7 Å². The van der Waals surface area contributed by atoms with Gasteiger partial charge in [-0.25, -0.2) is 0 Å². The first kappa shape index (κ1) is 23.5. The van der Waals surface area contributed by atoms with Crippen LogP contribution in [0.2, 0.25) is 0 Å². The SMILES string of the molecule is O=C(/C=C/c1ccc([N+](=O)[O-])cc1)Nc1ccccc1NC(=O)/C=C/c1cccc([N+](=O)[O-])c1. The minimum atomic E-state index is -0.521. The lowest BCUT2D eigenvalue weighted by Crippen LogP contribution is -2.13. The van der Waals surface area contributed by atoms with Crippen LogP contribution in [0, 0.1) is 20.2 Å². The number of nitrogens with zero attached hydrogens (tertiary/aromatic N) is 2. The van der Waals surface area contributed by atoms with Gasteiger partial charge in [0.15, 0.2) is 0 Å². The molecule has 10 heteroatoms. The molecule has 0 unspecified atom stereocenters. The van der Waals surface area contributed by atoms with Gasteiger partial charge in [0.05, 0.1) is 21.2 Å². The molecule has 10 nitrogen and oxygen atoms in total. The predicted octanol–water partition coefficient (Wildman–Crippen LogP) is 4.81. The molecule has 0 fully saturated rings. The van der Waals surface area contributed by atoms with Gasteiger partial charge in [0.1, 0.15) is 0 Å². The Kier molecular flexibility index (Phi) is 7.59. The predicted molar refractivity (Wildman–Crippen MR) is 128 cm³/mol. The average Bonchev–Trinajstić information content (AvgIpc) is 2.83. The highest BCUT2D eigenvalue weighted by molar-refractivity contribution is 6.08. The molecule has 0 saturated carbocycles. The van der Waals surface area contributed by atoms with Crippen molar-refractivity contribution in [2.75, 3.05) is 10.6 Å². The molecular formula is C24H18N4O6. The molecule has 170 valence electrons. The smallest absolute Gasteiger partial charge is 0.270 e. The summed E-state index contributed by atoms with van der Waals surface area (Å²) in [7, 11) is 0. The number of amides is 2. The summed E-state index contributed by atoms with van der Waals surface area (Å²) in [6, 6.07) is 18.1. The Morgan fingerprint density at radius 2 is 1.18 bits per heavy atom. The largest absolute Gasteiger partial charge is 0.321 e. The molecule has 0 aliphatic rings. The van der Waals surface area contributed by atoms with Gasteiger partial charge in [0, 0.05) is 36.4 Å². The number of carbonyl (C=O) groups is 2. The van der Waals surface area contributed by atoms with Gasteiger partial charge in [-0.3, -0.25) is 29.8 Å². The molecule has 2 N–H and O–H groups in total. The summed E-state index contributed by atoms with van der Waals surface area (Å²) in [5.41, 5.74) is 1.67. The Bertz CT molecular complexity index is 1300. The molecule has 2 amide bonds. The van der Waals surface area contributed by atoms with Gasteiger partial charge in [-0.1, -0.05) is 24.3 Å². The Balaban J connectivity index is 1.64. The van der Waals surface area contributed by atoms with Gasteiger partial charge in [0.2, 0.25) is 11.8 Å². The maximum atomic E-state index is 12.3. The van der Waals surface area contributed by atoms with Crippen LogP contribution in [0.4, 0.5) is 22.7 Å². The molecule has 3 aromatic carbocycles. The van der Waals surface area contributed by atoms with Crippen LogP contribution in [0.25, 0.3) is 12.2 Å². The third-order valence-electron chi connectivity index (χ3n) is 4.48. The van der Waals surface area contributed by atoms with Crippen molar-refractivity contribution in [1.82, 2.24) is 0 Å². The van der Waals surface area contributed by atoms with Crippen molar-refractivity contribution < 1.29 is 19.4 Å². The molecular weight excluding hydrogens is 440 g/mol. The fourth-order valence-corrected chi connectivity index (χ4v) is 2.84. The first-order chi connectivity index (χ1) is 16.3. The van der Waals surface area contributed by atoms with Crippen LogP contribution in [-0.2, 0) is 9.59 Å². The van der Waals surface area contributed by atoms with E-state index in [2.05, 4.69) is 10.6 Å². The molecule has 0 radical (unpaired) electrons. The van der Waals surface area contributed by atoms with E-state index >= 15 is 0 Å². The number of nitrogens with one attached hydrogen (secondary N) is 2. The van der Waals surface area contributed by atoms with Crippen molar-refractivity contribution in [3.8, 4) is 0 Å². The lowest BCUT2D eigenvalue weighted by molar-refractivity contribution is -0.385. The average molecular weight is 458 g/mol.